The van der Waals surface area contributed by atoms with Crippen molar-refractivity contribution in [3.05, 3.63) is 95.6 Å². The number of fused-ring (bicyclic) bond motifs is 1. The third-order valence-electron chi connectivity index (χ3n) is 5.21. The number of hydrogen-bond acceptors (Lipinski definition) is 4. The fourth-order valence-corrected chi connectivity index (χ4v) is 3.96. The van der Waals surface area contributed by atoms with E-state index in [1.807, 2.05) is 79.7 Å². The van der Waals surface area contributed by atoms with Crippen LogP contribution in [0.25, 0.3) is 0 Å². The Balaban J connectivity index is 1.94. The summed E-state index contributed by atoms with van der Waals surface area (Å²) in [4.78, 5) is 28.4. The van der Waals surface area contributed by atoms with E-state index in [4.69, 9.17) is 4.74 Å². The molecule has 158 valence electrons. The molecule has 0 aromatic heterocycles. The van der Waals surface area contributed by atoms with Crippen molar-refractivity contribution >= 4 is 23.4 Å². The van der Waals surface area contributed by atoms with E-state index in [1.165, 1.54) is 0 Å². The topological polar surface area (TPSA) is 58.6 Å². The summed E-state index contributed by atoms with van der Waals surface area (Å²) < 4.78 is 5.59. The number of rotatable bonds is 3. The highest BCUT2D eigenvalue weighted by Crippen LogP contribution is 2.47. The maximum atomic E-state index is 14.1. The second-order valence-corrected chi connectivity index (χ2v) is 8.75. The van der Waals surface area contributed by atoms with E-state index in [1.54, 1.807) is 26.8 Å². The zero-order valence-electron chi connectivity index (χ0n) is 18.2. The Morgan fingerprint density at radius 3 is 2.29 bits per heavy atom. The van der Waals surface area contributed by atoms with Crippen molar-refractivity contribution < 1.29 is 14.3 Å². The van der Waals surface area contributed by atoms with E-state index in [0.717, 1.165) is 21.7 Å². The van der Waals surface area contributed by atoms with Gasteiger partial charge in [-0.1, -0.05) is 66.2 Å². The second kappa shape index (κ2) is 7.58. The van der Waals surface area contributed by atoms with Gasteiger partial charge in [0.05, 0.1) is 5.69 Å². The molecular formula is C26H26N2O3. The molecule has 2 amide bonds. The Hall–Kier alpha value is -3.60. The smallest absolute Gasteiger partial charge is 0.421 e. The molecular weight excluding hydrogens is 388 g/mol. The summed E-state index contributed by atoms with van der Waals surface area (Å²) in [5.41, 5.74) is 1.80. The quantitative estimate of drug-likeness (QED) is 0.603. The van der Waals surface area contributed by atoms with Crippen LogP contribution in [0.3, 0.4) is 0 Å². The first-order valence-electron chi connectivity index (χ1n) is 10.3. The van der Waals surface area contributed by atoms with Crippen LogP contribution in [0.2, 0.25) is 0 Å². The number of amides is 2. The standard InChI is InChI=1S/C26H26N2O3/c1-18-11-10-12-19(17-18)26(27-20-13-6-5-7-14-20)21-15-8-9-16-22(21)28(23(26)29)24(30)31-25(2,3)4/h5-17,27H,1-4H3/t26-/m1/s1. The van der Waals surface area contributed by atoms with Crippen LogP contribution in [0.15, 0.2) is 78.9 Å². The molecule has 1 N–H and O–H groups in total. The van der Waals surface area contributed by atoms with Crippen LogP contribution in [0, 0.1) is 6.92 Å². The van der Waals surface area contributed by atoms with Gasteiger partial charge in [0.15, 0.2) is 5.54 Å². The second-order valence-electron chi connectivity index (χ2n) is 8.75. The van der Waals surface area contributed by atoms with Crippen molar-refractivity contribution in [2.24, 2.45) is 0 Å². The van der Waals surface area contributed by atoms with Gasteiger partial charge < -0.3 is 10.1 Å². The molecule has 4 rings (SSSR count). The van der Waals surface area contributed by atoms with Gasteiger partial charge in [0.25, 0.3) is 5.91 Å². The molecule has 0 aliphatic carbocycles. The van der Waals surface area contributed by atoms with Crippen molar-refractivity contribution in [2.75, 3.05) is 10.2 Å². The predicted molar refractivity (Wildman–Crippen MR) is 122 cm³/mol. The zero-order valence-corrected chi connectivity index (χ0v) is 18.2. The van der Waals surface area contributed by atoms with Crippen LogP contribution in [0.4, 0.5) is 16.2 Å². The maximum Gasteiger partial charge on any atom is 0.421 e. The van der Waals surface area contributed by atoms with Gasteiger partial charge in [0.1, 0.15) is 5.60 Å². The molecule has 0 bridgehead atoms. The molecule has 3 aromatic rings. The van der Waals surface area contributed by atoms with E-state index >= 15 is 0 Å². The molecule has 0 radical (unpaired) electrons. The number of hydrogen-bond donors (Lipinski definition) is 1. The number of benzene rings is 3. The molecule has 0 saturated heterocycles. The lowest BCUT2D eigenvalue weighted by Gasteiger charge is -2.32. The Bertz CT molecular complexity index is 1130. The summed E-state index contributed by atoms with van der Waals surface area (Å²) in [5.74, 6) is -0.391. The van der Waals surface area contributed by atoms with Gasteiger partial charge in [-0.3, -0.25) is 4.79 Å². The Labute approximate surface area is 182 Å². The molecule has 1 atom stereocenters. The first kappa shape index (κ1) is 20.7. The molecule has 0 unspecified atom stereocenters. The number of carbonyl (C=O) groups excluding carboxylic acids is 2. The summed E-state index contributed by atoms with van der Waals surface area (Å²) in [7, 11) is 0. The number of aryl methyl sites for hydroxylation is 1. The van der Waals surface area contributed by atoms with Crippen molar-refractivity contribution in [1.29, 1.82) is 0 Å². The minimum Gasteiger partial charge on any atom is -0.443 e. The third kappa shape index (κ3) is 3.67. The number of nitrogens with zero attached hydrogens (tertiary/aromatic N) is 1. The number of carbonyl (C=O) groups is 2. The summed E-state index contributed by atoms with van der Waals surface area (Å²) in [6.07, 6.45) is -0.686. The molecule has 1 aliphatic heterocycles. The van der Waals surface area contributed by atoms with Gasteiger partial charge in [-0.2, -0.15) is 0 Å². The Kier molecular flexibility index (Phi) is 5.05. The van der Waals surface area contributed by atoms with Crippen LogP contribution in [0.5, 0.6) is 0 Å². The number of ether oxygens (including phenoxy) is 1. The fraction of sp³-hybridized carbons (Fsp3) is 0.231. The molecule has 5 nitrogen and oxygen atoms in total. The van der Waals surface area contributed by atoms with Crippen LogP contribution < -0.4 is 10.2 Å². The first-order chi connectivity index (χ1) is 14.7. The van der Waals surface area contributed by atoms with Crippen LogP contribution in [-0.2, 0) is 15.1 Å². The number of nitrogens with one attached hydrogen (secondary N) is 1. The highest BCUT2D eigenvalue weighted by atomic mass is 16.6. The molecule has 0 spiro atoms. The average molecular weight is 415 g/mol. The summed E-state index contributed by atoms with van der Waals surface area (Å²) in [6, 6.07) is 24.7. The normalized spacial score (nSPS) is 17.9. The molecule has 0 saturated carbocycles. The SMILES string of the molecule is Cc1cccc([C@]2(Nc3ccccc3)C(=O)N(C(=O)OC(C)(C)C)c3ccccc32)c1. The van der Waals surface area contributed by atoms with Crippen LogP contribution >= 0.6 is 0 Å². The minimum atomic E-state index is -1.26. The fourth-order valence-electron chi connectivity index (χ4n) is 3.96. The molecule has 1 aliphatic rings. The lowest BCUT2D eigenvalue weighted by Crippen LogP contribution is -2.49. The van der Waals surface area contributed by atoms with Gasteiger partial charge in [0, 0.05) is 11.3 Å². The van der Waals surface area contributed by atoms with Crippen molar-refractivity contribution in [3.8, 4) is 0 Å². The monoisotopic (exact) mass is 414 g/mol. The molecule has 3 aromatic carbocycles. The average Bonchev–Trinajstić information content (AvgIpc) is 2.96. The van der Waals surface area contributed by atoms with Gasteiger partial charge in [-0.05, 0) is 51.5 Å². The van der Waals surface area contributed by atoms with Gasteiger partial charge in [-0.25, -0.2) is 9.69 Å². The van der Waals surface area contributed by atoms with E-state index in [2.05, 4.69) is 5.32 Å². The largest absolute Gasteiger partial charge is 0.443 e. The van der Waals surface area contributed by atoms with Crippen molar-refractivity contribution in [1.82, 2.24) is 0 Å². The lowest BCUT2D eigenvalue weighted by atomic mass is 9.83. The molecule has 1 heterocycles. The van der Waals surface area contributed by atoms with Crippen LogP contribution in [-0.4, -0.2) is 17.6 Å². The van der Waals surface area contributed by atoms with E-state index in [-0.39, 0.29) is 0 Å². The van der Waals surface area contributed by atoms with E-state index in [0.29, 0.717) is 11.3 Å². The summed E-state index contributed by atoms with van der Waals surface area (Å²) >= 11 is 0. The first-order valence-corrected chi connectivity index (χ1v) is 10.3. The number of anilines is 2. The van der Waals surface area contributed by atoms with Crippen molar-refractivity contribution in [2.45, 2.75) is 38.8 Å². The van der Waals surface area contributed by atoms with E-state index < -0.39 is 23.1 Å². The molecule has 0 fully saturated rings. The van der Waals surface area contributed by atoms with Gasteiger partial charge in [0.2, 0.25) is 0 Å². The van der Waals surface area contributed by atoms with Gasteiger partial charge in [-0.15, -0.1) is 0 Å². The number of imide groups is 1. The minimum absolute atomic E-state index is 0.391. The summed E-state index contributed by atoms with van der Waals surface area (Å²) in [5, 5.41) is 3.45. The lowest BCUT2D eigenvalue weighted by molar-refractivity contribution is -0.120. The molecule has 5 heteroatoms. The van der Waals surface area contributed by atoms with Crippen LogP contribution in [0.1, 0.15) is 37.5 Å². The maximum absolute atomic E-state index is 14.1. The number of para-hydroxylation sites is 2. The summed E-state index contributed by atoms with van der Waals surface area (Å²) in [6.45, 7) is 7.34. The zero-order chi connectivity index (χ0) is 22.2. The van der Waals surface area contributed by atoms with Crippen molar-refractivity contribution in [3.63, 3.8) is 0 Å². The predicted octanol–water partition coefficient (Wildman–Crippen LogP) is 5.63. The molecule has 31 heavy (non-hydrogen) atoms. The highest BCUT2D eigenvalue weighted by molar-refractivity contribution is 6.23. The third-order valence-corrected chi connectivity index (χ3v) is 5.21. The van der Waals surface area contributed by atoms with Gasteiger partial charge >= 0.3 is 6.09 Å². The Morgan fingerprint density at radius 1 is 0.935 bits per heavy atom. The highest BCUT2D eigenvalue weighted by Gasteiger charge is 2.55. The Morgan fingerprint density at radius 2 is 1.61 bits per heavy atom. The van der Waals surface area contributed by atoms with E-state index in [9.17, 15) is 9.59 Å².